The van der Waals surface area contributed by atoms with Gasteiger partial charge < -0.3 is 4.74 Å². The summed E-state index contributed by atoms with van der Waals surface area (Å²) in [5.74, 6) is 3.94. The van der Waals surface area contributed by atoms with E-state index in [0.717, 1.165) is 16.4 Å². The number of halogens is 2. The van der Waals surface area contributed by atoms with Crippen LogP contribution in [0, 0.1) is 23.5 Å². The van der Waals surface area contributed by atoms with Crippen LogP contribution < -0.4 is 4.74 Å². The van der Waals surface area contributed by atoms with E-state index in [4.69, 9.17) is 4.74 Å². The number of isothiocyanates is 1. The summed E-state index contributed by atoms with van der Waals surface area (Å²) in [5.41, 5.74) is 1.45. The number of hydrogen-bond acceptors (Lipinski definition) is 4. The smallest absolute Gasteiger partial charge is 0.174 e. The molecule has 28 heavy (non-hydrogen) atoms. The second kappa shape index (κ2) is 9.38. The van der Waals surface area contributed by atoms with Gasteiger partial charge in [-0.15, -0.1) is 0 Å². The summed E-state index contributed by atoms with van der Waals surface area (Å²) in [6.45, 7) is 2.62. The molecule has 1 aromatic heterocycles. The lowest BCUT2D eigenvalue weighted by Gasteiger charge is -2.03. The van der Waals surface area contributed by atoms with Gasteiger partial charge in [-0.05, 0) is 72.7 Å². The summed E-state index contributed by atoms with van der Waals surface area (Å²) < 4.78 is 34.5. The number of thiophene rings is 1. The molecular formula is C22H15F2NOS2. The third-order valence-corrected chi connectivity index (χ3v) is 4.87. The molecule has 0 radical (unpaired) electrons. The van der Waals surface area contributed by atoms with Crippen molar-refractivity contribution in [1.82, 2.24) is 0 Å². The van der Waals surface area contributed by atoms with E-state index >= 15 is 0 Å². The van der Waals surface area contributed by atoms with Gasteiger partial charge in [-0.3, -0.25) is 0 Å². The minimum atomic E-state index is -0.700. The van der Waals surface area contributed by atoms with E-state index in [9.17, 15) is 8.78 Å². The van der Waals surface area contributed by atoms with Crippen LogP contribution in [0.5, 0.6) is 5.06 Å². The molecule has 2 aromatic carbocycles. The molecular weight excluding hydrogens is 396 g/mol. The first-order valence-corrected chi connectivity index (χ1v) is 9.75. The van der Waals surface area contributed by atoms with Gasteiger partial charge in [0.1, 0.15) is 11.6 Å². The van der Waals surface area contributed by atoms with Gasteiger partial charge in [0, 0.05) is 10.4 Å². The fraction of sp³-hybridized carbons (Fsp3) is 0.136. The number of ether oxygens (including phenoxy) is 1. The lowest BCUT2D eigenvalue weighted by atomic mass is 10.1. The first kappa shape index (κ1) is 19.9. The second-order valence-electron chi connectivity index (χ2n) is 5.78. The van der Waals surface area contributed by atoms with Gasteiger partial charge in [-0.1, -0.05) is 30.1 Å². The lowest BCUT2D eigenvalue weighted by molar-refractivity contribution is 0.326. The van der Waals surface area contributed by atoms with Gasteiger partial charge in [0.2, 0.25) is 0 Å². The fourth-order valence-corrected chi connectivity index (χ4v) is 3.37. The Bertz CT molecular complexity index is 1060. The van der Waals surface area contributed by atoms with E-state index in [-0.39, 0.29) is 5.56 Å². The number of aliphatic imine (C=N–C) groups is 1. The van der Waals surface area contributed by atoms with Crippen LogP contribution in [-0.4, -0.2) is 11.8 Å². The van der Waals surface area contributed by atoms with Gasteiger partial charge in [0.15, 0.2) is 5.06 Å². The third kappa shape index (κ3) is 4.90. The van der Waals surface area contributed by atoms with Crippen LogP contribution in [0.3, 0.4) is 0 Å². The van der Waals surface area contributed by atoms with Crippen molar-refractivity contribution in [2.45, 2.75) is 13.3 Å². The molecule has 0 spiro atoms. The quantitative estimate of drug-likeness (QED) is 0.267. The molecule has 0 aliphatic carbocycles. The maximum absolute atomic E-state index is 14.5. The highest BCUT2D eigenvalue weighted by molar-refractivity contribution is 7.78. The highest BCUT2D eigenvalue weighted by Gasteiger charge is 2.12. The molecule has 0 unspecified atom stereocenters. The summed E-state index contributed by atoms with van der Waals surface area (Å²) >= 11 is 5.89. The number of benzene rings is 2. The Hall–Kier alpha value is -2.84. The molecule has 0 saturated heterocycles. The molecule has 0 N–H and O–H groups in total. The summed E-state index contributed by atoms with van der Waals surface area (Å²) in [6.07, 6.45) is 0.895. The Morgan fingerprint density at radius 1 is 1.04 bits per heavy atom. The zero-order valence-corrected chi connectivity index (χ0v) is 16.6. The van der Waals surface area contributed by atoms with Crippen molar-refractivity contribution in [2.75, 3.05) is 6.61 Å². The minimum absolute atomic E-state index is 0.260. The molecule has 3 rings (SSSR count). The first-order chi connectivity index (χ1) is 13.6. The molecule has 0 atom stereocenters. The van der Waals surface area contributed by atoms with E-state index in [0.29, 0.717) is 23.4 Å². The number of hydrogen-bond donors (Lipinski definition) is 0. The summed E-state index contributed by atoms with van der Waals surface area (Å²) in [6, 6.07) is 13.0. The normalized spacial score (nSPS) is 9.96. The summed E-state index contributed by atoms with van der Waals surface area (Å²) in [4.78, 5) is 4.57. The number of rotatable bonds is 5. The molecule has 0 bridgehead atoms. The number of nitrogens with zero attached hydrogens (tertiary/aromatic N) is 1. The lowest BCUT2D eigenvalue weighted by Crippen LogP contribution is -1.92. The highest BCUT2D eigenvalue weighted by Crippen LogP contribution is 2.34. The van der Waals surface area contributed by atoms with Crippen molar-refractivity contribution in [2.24, 2.45) is 4.99 Å². The Balaban J connectivity index is 1.84. The van der Waals surface area contributed by atoms with Gasteiger partial charge in [0.05, 0.1) is 23.0 Å². The van der Waals surface area contributed by atoms with E-state index in [1.807, 2.05) is 6.92 Å². The van der Waals surface area contributed by atoms with Crippen molar-refractivity contribution in [3.05, 3.63) is 71.3 Å². The predicted molar refractivity (Wildman–Crippen MR) is 113 cm³/mol. The molecule has 0 aliphatic heterocycles. The molecule has 0 aliphatic rings. The average molecular weight is 411 g/mol. The van der Waals surface area contributed by atoms with Crippen molar-refractivity contribution in [1.29, 1.82) is 0 Å². The topological polar surface area (TPSA) is 21.6 Å². The van der Waals surface area contributed by atoms with Gasteiger partial charge in [-0.25, -0.2) is 8.78 Å². The summed E-state index contributed by atoms with van der Waals surface area (Å²) in [7, 11) is 0. The van der Waals surface area contributed by atoms with E-state index in [1.54, 1.807) is 36.4 Å². The van der Waals surface area contributed by atoms with Gasteiger partial charge >= 0.3 is 0 Å². The predicted octanol–water partition coefficient (Wildman–Crippen LogP) is 6.62. The molecule has 0 saturated carbocycles. The van der Waals surface area contributed by atoms with Crippen LogP contribution in [-0.2, 0) is 0 Å². The van der Waals surface area contributed by atoms with Crippen molar-refractivity contribution in [3.63, 3.8) is 0 Å². The zero-order chi connectivity index (χ0) is 19.9. The van der Waals surface area contributed by atoms with Gasteiger partial charge in [-0.2, -0.15) is 4.99 Å². The van der Waals surface area contributed by atoms with Crippen molar-refractivity contribution >= 4 is 34.4 Å². The number of thiocarbonyl (C=S) groups is 1. The molecule has 0 fully saturated rings. The maximum atomic E-state index is 14.5. The van der Waals surface area contributed by atoms with Crippen LogP contribution in [0.2, 0.25) is 0 Å². The molecule has 3 aromatic rings. The van der Waals surface area contributed by atoms with Crippen LogP contribution >= 0.6 is 23.6 Å². The Kier molecular flexibility index (Phi) is 6.67. The maximum Gasteiger partial charge on any atom is 0.174 e. The second-order valence-corrected chi connectivity index (χ2v) is 7.01. The Morgan fingerprint density at radius 3 is 2.39 bits per heavy atom. The minimum Gasteiger partial charge on any atom is -0.484 e. The monoisotopic (exact) mass is 411 g/mol. The van der Waals surface area contributed by atoms with Crippen molar-refractivity contribution < 1.29 is 13.5 Å². The molecule has 1 heterocycles. The largest absolute Gasteiger partial charge is 0.484 e. The molecule has 2 nitrogen and oxygen atoms in total. The Labute approximate surface area is 171 Å². The zero-order valence-electron chi connectivity index (χ0n) is 15.0. The van der Waals surface area contributed by atoms with E-state index < -0.39 is 11.6 Å². The average Bonchev–Trinajstić information content (AvgIpc) is 3.16. The molecule has 140 valence electrons. The van der Waals surface area contributed by atoms with Crippen molar-refractivity contribution in [3.8, 4) is 27.3 Å². The van der Waals surface area contributed by atoms with Gasteiger partial charge in [0.25, 0.3) is 0 Å². The van der Waals surface area contributed by atoms with E-state index in [2.05, 4.69) is 34.2 Å². The van der Waals surface area contributed by atoms with Crippen LogP contribution in [0.1, 0.15) is 24.5 Å². The Morgan fingerprint density at radius 2 is 1.75 bits per heavy atom. The fourth-order valence-electron chi connectivity index (χ4n) is 2.40. The highest BCUT2D eigenvalue weighted by atomic mass is 32.1. The van der Waals surface area contributed by atoms with Crippen LogP contribution in [0.15, 0.2) is 53.5 Å². The third-order valence-electron chi connectivity index (χ3n) is 3.73. The van der Waals surface area contributed by atoms with E-state index in [1.165, 1.54) is 23.5 Å². The molecule has 6 heteroatoms. The standard InChI is InChI=1S/C22H15F2NOS2/c1-2-11-26-22-10-9-21(28-22)16-12-19(23)18(20(24)13-16)8-5-15-3-6-17(7-4-15)25-14-27/h3-4,6-7,9-10,12-13H,2,11H2,1H3. The van der Waals surface area contributed by atoms with Crippen LogP contribution in [0.4, 0.5) is 14.5 Å². The SMILES string of the molecule is CCCOc1ccc(-c2cc(F)c(C#Cc3ccc(N=C=S)cc3)c(F)c2)s1. The van der Waals surface area contributed by atoms with Crippen LogP contribution in [0.25, 0.3) is 10.4 Å². The molecule has 0 amide bonds. The summed E-state index contributed by atoms with van der Waals surface area (Å²) in [5, 5.41) is 3.00. The first-order valence-electron chi connectivity index (χ1n) is 8.52.